The van der Waals surface area contributed by atoms with Crippen molar-refractivity contribution in [1.82, 2.24) is 5.32 Å². The molecule has 1 atom stereocenters. The van der Waals surface area contributed by atoms with Gasteiger partial charge in [0.1, 0.15) is 23.9 Å². The van der Waals surface area contributed by atoms with Crippen LogP contribution in [0.2, 0.25) is 0 Å². The topological polar surface area (TPSA) is 56.8 Å². The van der Waals surface area contributed by atoms with E-state index in [1.807, 2.05) is 55.5 Å². The van der Waals surface area contributed by atoms with E-state index in [0.29, 0.717) is 18.9 Å². The van der Waals surface area contributed by atoms with Gasteiger partial charge in [0.15, 0.2) is 0 Å². The van der Waals surface area contributed by atoms with Crippen molar-refractivity contribution in [3.63, 3.8) is 0 Å². The zero-order chi connectivity index (χ0) is 18.1. The van der Waals surface area contributed by atoms with Crippen molar-refractivity contribution in [2.24, 2.45) is 0 Å². The van der Waals surface area contributed by atoms with Gasteiger partial charge in [0, 0.05) is 11.0 Å². The molecule has 0 radical (unpaired) electrons. The fourth-order valence-corrected chi connectivity index (χ4v) is 2.98. The van der Waals surface area contributed by atoms with Gasteiger partial charge in [-0.2, -0.15) is 0 Å². The summed E-state index contributed by atoms with van der Waals surface area (Å²) in [5.74, 6) is 2.24. The van der Waals surface area contributed by atoms with E-state index in [9.17, 15) is 4.79 Å². The molecule has 134 valence electrons. The van der Waals surface area contributed by atoms with Crippen molar-refractivity contribution in [3.05, 3.63) is 48.5 Å². The Kier molecular flexibility index (Phi) is 7.47. The van der Waals surface area contributed by atoms with Gasteiger partial charge in [-0.1, -0.05) is 6.07 Å². The Morgan fingerprint density at radius 1 is 1.04 bits per heavy atom. The van der Waals surface area contributed by atoms with E-state index in [4.69, 9.17) is 14.2 Å². The molecule has 1 N–H and O–H groups in total. The molecule has 0 aliphatic carbocycles. The van der Waals surface area contributed by atoms with E-state index in [2.05, 4.69) is 5.32 Å². The van der Waals surface area contributed by atoms with Crippen molar-refractivity contribution in [2.45, 2.75) is 17.1 Å². The molecule has 1 unspecified atom stereocenters. The second-order valence-corrected chi connectivity index (χ2v) is 6.67. The number of carbonyl (C=O) groups excluding carboxylic acids is 1. The van der Waals surface area contributed by atoms with Crippen LogP contribution in [0.25, 0.3) is 0 Å². The smallest absolute Gasteiger partial charge is 0.233 e. The number of nitrogens with one attached hydrogen (secondary N) is 1. The predicted octanol–water partition coefficient (Wildman–Crippen LogP) is 3.38. The molecule has 0 fully saturated rings. The van der Waals surface area contributed by atoms with E-state index < -0.39 is 0 Å². The van der Waals surface area contributed by atoms with Gasteiger partial charge in [0.05, 0.1) is 26.0 Å². The molecule has 0 heterocycles. The van der Waals surface area contributed by atoms with Crippen molar-refractivity contribution in [3.8, 4) is 17.2 Å². The Balaban J connectivity index is 1.71. The first-order valence-corrected chi connectivity index (χ1v) is 8.85. The molecule has 5 nitrogen and oxygen atoms in total. The molecule has 2 aromatic rings. The minimum Gasteiger partial charge on any atom is -0.497 e. The Morgan fingerprint density at radius 2 is 1.72 bits per heavy atom. The summed E-state index contributed by atoms with van der Waals surface area (Å²) < 4.78 is 15.9. The number of hydrogen-bond donors (Lipinski definition) is 1. The number of methoxy groups -OCH3 is 2. The summed E-state index contributed by atoms with van der Waals surface area (Å²) in [6, 6.07) is 15.0. The molecule has 0 aliphatic heterocycles. The van der Waals surface area contributed by atoms with Gasteiger partial charge in [0.2, 0.25) is 5.91 Å². The summed E-state index contributed by atoms with van der Waals surface area (Å²) in [5.41, 5.74) is 0. The highest BCUT2D eigenvalue weighted by Crippen LogP contribution is 2.25. The average molecular weight is 361 g/mol. The van der Waals surface area contributed by atoms with Gasteiger partial charge >= 0.3 is 0 Å². The normalized spacial score (nSPS) is 11.5. The number of ether oxygens (including phenoxy) is 3. The van der Waals surface area contributed by atoms with Gasteiger partial charge in [-0.3, -0.25) is 4.79 Å². The van der Waals surface area contributed by atoms with Gasteiger partial charge < -0.3 is 19.5 Å². The van der Waals surface area contributed by atoms with Crippen molar-refractivity contribution in [2.75, 3.05) is 27.4 Å². The minimum atomic E-state index is -0.190. The summed E-state index contributed by atoms with van der Waals surface area (Å²) in [6.07, 6.45) is 0. The van der Waals surface area contributed by atoms with Gasteiger partial charge in [-0.25, -0.2) is 0 Å². The van der Waals surface area contributed by atoms with Crippen LogP contribution in [-0.4, -0.2) is 38.5 Å². The van der Waals surface area contributed by atoms with Crippen LogP contribution in [0.1, 0.15) is 6.92 Å². The molecule has 0 spiro atoms. The quantitative estimate of drug-likeness (QED) is 0.548. The molecule has 0 aliphatic rings. The van der Waals surface area contributed by atoms with Crippen LogP contribution in [0.3, 0.4) is 0 Å². The van der Waals surface area contributed by atoms with E-state index in [1.54, 1.807) is 14.2 Å². The molecule has 2 aromatic carbocycles. The van der Waals surface area contributed by atoms with Gasteiger partial charge in [-0.15, -0.1) is 11.8 Å². The molecule has 25 heavy (non-hydrogen) atoms. The van der Waals surface area contributed by atoms with Gasteiger partial charge in [-0.05, 0) is 43.3 Å². The molecule has 1 amide bonds. The van der Waals surface area contributed by atoms with E-state index in [1.165, 1.54) is 11.8 Å². The highest BCUT2D eigenvalue weighted by Gasteiger charge is 2.13. The third-order valence-corrected chi connectivity index (χ3v) is 4.56. The summed E-state index contributed by atoms with van der Waals surface area (Å²) >= 11 is 1.51. The summed E-state index contributed by atoms with van der Waals surface area (Å²) in [6.45, 7) is 2.73. The van der Waals surface area contributed by atoms with Crippen molar-refractivity contribution < 1.29 is 19.0 Å². The Labute approximate surface area is 152 Å². The average Bonchev–Trinajstić information content (AvgIpc) is 2.65. The molecular formula is C19H23NO4S. The van der Waals surface area contributed by atoms with Crippen LogP contribution in [0, 0.1) is 0 Å². The van der Waals surface area contributed by atoms with E-state index >= 15 is 0 Å². The lowest BCUT2D eigenvalue weighted by Gasteiger charge is -2.13. The monoisotopic (exact) mass is 361 g/mol. The van der Waals surface area contributed by atoms with Crippen molar-refractivity contribution >= 4 is 17.7 Å². The predicted molar refractivity (Wildman–Crippen MR) is 99.8 cm³/mol. The minimum absolute atomic E-state index is 0.0185. The summed E-state index contributed by atoms with van der Waals surface area (Å²) in [5, 5.41) is 2.69. The lowest BCUT2D eigenvalue weighted by molar-refractivity contribution is -0.120. The maximum atomic E-state index is 12.2. The second kappa shape index (κ2) is 9.84. The first kappa shape index (κ1) is 19.0. The fourth-order valence-electron chi connectivity index (χ4n) is 2.09. The summed E-state index contributed by atoms with van der Waals surface area (Å²) in [7, 11) is 3.24. The third kappa shape index (κ3) is 6.23. The molecule has 0 saturated carbocycles. The molecule has 2 rings (SSSR count). The van der Waals surface area contributed by atoms with Crippen LogP contribution in [0.4, 0.5) is 0 Å². The number of amides is 1. The Morgan fingerprint density at radius 3 is 2.40 bits per heavy atom. The van der Waals surface area contributed by atoms with Crippen LogP contribution in [-0.2, 0) is 4.79 Å². The first-order chi connectivity index (χ1) is 12.1. The lowest BCUT2D eigenvalue weighted by atomic mass is 10.3. The molecule has 0 aromatic heterocycles. The third-order valence-electron chi connectivity index (χ3n) is 3.45. The highest BCUT2D eigenvalue weighted by atomic mass is 32.2. The Bertz CT molecular complexity index is 675. The molecular weight excluding hydrogens is 338 g/mol. The number of hydrogen-bond acceptors (Lipinski definition) is 5. The van der Waals surface area contributed by atoms with E-state index in [0.717, 1.165) is 16.4 Å². The number of benzene rings is 2. The molecule has 0 saturated heterocycles. The maximum Gasteiger partial charge on any atom is 0.233 e. The number of rotatable bonds is 9. The maximum absolute atomic E-state index is 12.2. The SMILES string of the molecule is COc1ccc(SC(C)C(=O)NCCOc2cccc(OC)c2)cc1. The largest absolute Gasteiger partial charge is 0.497 e. The molecule has 0 bridgehead atoms. The summed E-state index contributed by atoms with van der Waals surface area (Å²) in [4.78, 5) is 13.2. The van der Waals surface area contributed by atoms with Crippen LogP contribution >= 0.6 is 11.8 Å². The van der Waals surface area contributed by atoms with Crippen LogP contribution in [0.5, 0.6) is 17.2 Å². The van der Waals surface area contributed by atoms with Crippen LogP contribution in [0.15, 0.2) is 53.4 Å². The second-order valence-electron chi connectivity index (χ2n) is 5.25. The zero-order valence-electron chi connectivity index (χ0n) is 14.7. The van der Waals surface area contributed by atoms with Crippen LogP contribution < -0.4 is 19.5 Å². The highest BCUT2D eigenvalue weighted by molar-refractivity contribution is 8.00. The van der Waals surface area contributed by atoms with Crippen molar-refractivity contribution in [1.29, 1.82) is 0 Å². The van der Waals surface area contributed by atoms with E-state index in [-0.39, 0.29) is 11.2 Å². The number of thioether (sulfide) groups is 1. The number of carbonyl (C=O) groups is 1. The zero-order valence-corrected chi connectivity index (χ0v) is 15.5. The van der Waals surface area contributed by atoms with Gasteiger partial charge in [0.25, 0.3) is 0 Å². The fraction of sp³-hybridized carbons (Fsp3) is 0.316. The molecule has 6 heteroatoms. The standard InChI is InChI=1S/C19H23NO4S/c1-14(25-18-9-7-15(22-2)8-10-18)19(21)20-11-12-24-17-6-4-5-16(13-17)23-3/h4-10,13-14H,11-12H2,1-3H3,(H,20,21). The lowest BCUT2D eigenvalue weighted by Crippen LogP contribution is -2.33. The Hall–Kier alpha value is -2.34. The first-order valence-electron chi connectivity index (χ1n) is 7.97.